The molecule has 0 spiro atoms. The van der Waals surface area contributed by atoms with E-state index >= 15 is 0 Å². The van der Waals surface area contributed by atoms with Gasteiger partial charge in [0.15, 0.2) is 6.10 Å². The first-order chi connectivity index (χ1) is 9.24. The third kappa shape index (κ3) is 3.47. The van der Waals surface area contributed by atoms with Crippen LogP contribution in [0.2, 0.25) is 0 Å². The second-order valence-electron chi connectivity index (χ2n) is 4.74. The molecule has 1 atom stereocenters. The van der Waals surface area contributed by atoms with Gasteiger partial charge in [-0.3, -0.25) is 4.79 Å². The van der Waals surface area contributed by atoms with Crippen LogP contribution in [0.15, 0.2) is 24.3 Å². The van der Waals surface area contributed by atoms with Crippen LogP contribution in [0.5, 0.6) is 5.75 Å². The van der Waals surface area contributed by atoms with E-state index in [-0.39, 0.29) is 12.0 Å². The van der Waals surface area contributed by atoms with E-state index in [2.05, 4.69) is 24.1 Å². The summed E-state index contributed by atoms with van der Waals surface area (Å²) in [7, 11) is 0. The maximum atomic E-state index is 12.0. The molecule has 0 aromatic heterocycles. The maximum Gasteiger partial charge on any atom is 0.261 e. The molecule has 0 fully saturated rings. The molecule has 1 aliphatic heterocycles. The number of ether oxygens (including phenoxy) is 1. The van der Waals surface area contributed by atoms with Gasteiger partial charge < -0.3 is 15.0 Å². The fourth-order valence-corrected chi connectivity index (χ4v) is 2.32. The number of amides is 1. The standard InChI is InChI=1S/C15H22N2O2/c1-3-17(4-2)10-9-16-15(18)14-11-12-7-5-6-8-13(12)19-14/h5-8,14H,3-4,9-11H2,1-2H3,(H,16,18). The number of hydrogen-bond acceptors (Lipinski definition) is 3. The Balaban J connectivity index is 1.77. The van der Waals surface area contributed by atoms with Crippen LogP contribution in [0.1, 0.15) is 19.4 Å². The zero-order valence-electron chi connectivity index (χ0n) is 11.7. The van der Waals surface area contributed by atoms with Gasteiger partial charge in [0.25, 0.3) is 5.91 Å². The Kier molecular flexibility index (Phi) is 4.80. The van der Waals surface area contributed by atoms with Gasteiger partial charge in [-0.25, -0.2) is 0 Å². The minimum atomic E-state index is -0.367. The third-order valence-electron chi connectivity index (χ3n) is 3.56. The Bertz CT molecular complexity index is 405. The van der Waals surface area contributed by atoms with Crippen LogP contribution in [-0.2, 0) is 11.2 Å². The van der Waals surface area contributed by atoms with Crippen LogP contribution in [0.3, 0.4) is 0 Å². The van der Waals surface area contributed by atoms with Crippen molar-refractivity contribution in [2.45, 2.75) is 26.4 Å². The molecule has 1 heterocycles. The number of fused-ring (bicyclic) bond motifs is 1. The predicted molar refractivity (Wildman–Crippen MR) is 75.4 cm³/mol. The Labute approximate surface area is 114 Å². The average Bonchev–Trinajstić information content (AvgIpc) is 2.87. The number of carbonyl (C=O) groups is 1. The minimum absolute atomic E-state index is 0.0108. The van der Waals surface area contributed by atoms with Gasteiger partial charge in [-0.1, -0.05) is 32.0 Å². The highest BCUT2D eigenvalue weighted by molar-refractivity contribution is 5.82. The van der Waals surface area contributed by atoms with Gasteiger partial charge in [0.05, 0.1) is 0 Å². The molecule has 4 heteroatoms. The molecule has 4 nitrogen and oxygen atoms in total. The summed E-state index contributed by atoms with van der Waals surface area (Å²) in [5.74, 6) is 0.828. The van der Waals surface area contributed by atoms with E-state index in [9.17, 15) is 4.79 Å². The maximum absolute atomic E-state index is 12.0. The molecule has 1 aromatic rings. The molecule has 0 radical (unpaired) electrons. The van der Waals surface area contributed by atoms with Crippen molar-refractivity contribution in [2.75, 3.05) is 26.2 Å². The van der Waals surface area contributed by atoms with Crippen LogP contribution < -0.4 is 10.1 Å². The Morgan fingerprint density at radius 3 is 2.79 bits per heavy atom. The molecule has 1 unspecified atom stereocenters. The molecule has 2 rings (SSSR count). The predicted octanol–water partition coefficient (Wildman–Crippen LogP) is 1.45. The number of carbonyl (C=O) groups excluding carboxylic acids is 1. The highest BCUT2D eigenvalue weighted by Crippen LogP contribution is 2.27. The molecule has 104 valence electrons. The van der Waals surface area contributed by atoms with Crippen LogP contribution in [0.4, 0.5) is 0 Å². The first kappa shape index (κ1) is 13.9. The summed E-state index contributed by atoms with van der Waals surface area (Å²) >= 11 is 0. The highest BCUT2D eigenvalue weighted by atomic mass is 16.5. The first-order valence-corrected chi connectivity index (χ1v) is 6.99. The van der Waals surface area contributed by atoms with Crippen molar-refractivity contribution < 1.29 is 9.53 Å². The van der Waals surface area contributed by atoms with Crippen molar-refractivity contribution in [3.8, 4) is 5.75 Å². The fourth-order valence-electron chi connectivity index (χ4n) is 2.32. The molecular weight excluding hydrogens is 240 g/mol. The SMILES string of the molecule is CCN(CC)CCNC(=O)C1Cc2ccccc2O1. The largest absolute Gasteiger partial charge is 0.480 e. The lowest BCUT2D eigenvalue weighted by Gasteiger charge is -2.18. The van der Waals surface area contributed by atoms with Gasteiger partial charge in [0.2, 0.25) is 0 Å². The van der Waals surface area contributed by atoms with E-state index in [1.807, 2.05) is 24.3 Å². The van der Waals surface area contributed by atoms with Crippen molar-refractivity contribution in [2.24, 2.45) is 0 Å². The first-order valence-electron chi connectivity index (χ1n) is 6.99. The van der Waals surface area contributed by atoms with E-state index in [0.717, 1.165) is 30.9 Å². The lowest BCUT2D eigenvalue weighted by molar-refractivity contribution is -0.127. The normalized spacial score (nSPS) is 17.1. The number of para-hydroxylation sites is 1. The smallest absolute Gasteiger partial charge is 0.261 e. The molecule has 1 N–H and O–H groups in total. The second kappa shape index (κ2) is 6.57. The van der Waals surface area contributed by atoms with E-state index in [4.69, 9.17) is 4.74 Å². The summed E-state index contributed by atoms with van der Waals surface area (Å²) in [6.07, 6.45) is 0.307. The topological polar surface area (TPSA) is 41.6 Å². The van der Waals surface area contributed by atoms with Gasteiger partial charge in [-0.05, 0) is 24.7 Å². The van der Waals surface area contributed by atoms with Crippen molar-refractivity contribution in [3.05, 3.63) is 29.8 Å². The van der Waals surface area contributed by atoms with Gasteiger partial charge in [0.1, 0.15) is 5.75 Å². The molecule has 0 saturated heterocycles. The van der Waals surface area contributed by atoms with Gasteiger partial charge in [-0.2, -0.15) is 0 Å². The molecule has 1 aliphatic rings. The van der Waals surface area contributed by atoms with Gasteiger partial charge in [-0.15, -0.1) is 0 Å². The number of nitrogens with zero attached hydrogens (tertiary/aromatic N) is 1. The summed E-state index contributed by atoms with van der Waals surface area (Å²) in [5, 5.41) is 2.95. The Hall–Kier alpha value is -1.55. The third-order valence-corrected chi connectivity index (χ3v) is 3.56. The van der Waals surface area contributed by atoms with E-state index in [0.29, 0.717) is 13.0 Å². The minimum Gasteiger partial charge on any atom is -0.480 e. The highest BCUT2D eigenvalue weighted by Gasteiger charge is 2.28. The summed E-state index contributed by atoms with van der Waals surface area (Å²) in [6.45, 7) is 7.84. The molecule has 1 amide bonds. The lowest BCUT2D eigenvalue weighted by Crippen LogP contribution is -2.41. The van der Waals surface area contributed by atoms with Crippen molar-refractivity contribution in [1.29, 1.82) is 0 Å². The number of hydrogen-bond donors (Lipinski definition) is 1. The molecule has 0 saturated carbocycles. The van der Waals surface area contributed by atoms with Crippen LogP contribution >= 0.6 is 0 Å². The quantitative estimate of drug-likeness (QED) is 0.843. The molecular formula is C15H22N2O2. The molecule has 0 bridgehead atoms. The fraction of sp³-hybridized carbons (Fsp3) is 0.533. The van der Waals surface area contributed by atoms with Crippen molar-refractivity contribution >= 4 is 5.91 Å². The Morgan fingerprint density at radius 2 is 2.11 bits per heavy atom. The van der Waals surface area contributed by atoms with Crippen LogP contribution in [-0.4, -0.2) is 43.1 Å². The Morgan fingerprint density at radius 1 is 1.37 bits per heavy atom. The monoisotopic (exact) mass is 262 g/mol. The number of benzene rings is 1. The number of rotatable bonds is 6. The van der Waals surface area contributed by atoms with Crippen molar-refractivity contribution in [3.63, 3.8) is 0 Å². The second-order valence-corrected chi connectivity index (χ2v) is 4.74. The zero-order valence-corrected chi connectivity index (χ0v) is 11.7. The van der Waals surface area contributed by atoms with E-state index in [1.54, 1.807) is 0 Å². The number of likely N-dealkylation sites (N-methyl/N-ethyl adjacent to an activating group) is 1. The van der Waals surface area contributed by atoms with E-state index in [1.165, 1.54) is 0 Å². The van der Waals surface area contributed by atoms with Crippen molar-refractivity contribution in [1.82, 2.24) is 10.2 Å². The summed E-state index contributed by atoms with van der Waals surface area (Å²) in [4.78, 5) is 14.3. The molecule has 0 aliphatic carbocycles. The summed E-state index contributed by atoms with van der Waals surface area (Å²) < 4.78 is 5.65. The van der Waals surface area contributed by atoms with Crippen LogP contribution in [0.25, 0.3) is 0 Å². The molecule has 19 heavy (non-hydrogen) atoms. The number of nitrogens with one attached hydrogen (secondary N) is 1. The van der Waals surface area contributed by atoms with Crippen LogP contribution in [0, 0.1) is 0 Å². The summed E-state index contributed by atoms with van der Waals surface area (Å²) in [5.41, 5.74) is 1.12. The lowest BCUT2D eigenvalue weighted by atomic mass is 10.1. The molecule has 1 aromatic carbocycles. The summed E-state index contributed by atoms with van der Waals surface area (Å²) in [6, 6.07) is 7.83. The zero-order chi connectivity index (χ0) is 13.7. The average molecular weight is 262 g/mol. The van der Waals surface area contributed by atoms with E-state index < -0.39 is 0 Å². The van der Waals surface area contributed by atoms with Gasteiger partial charge in [0, 0.05) is 19.5 Å². The van der Waals surface area contributed by atoms with Gasteiger partial charge >= 0.3 is 0 Å².